The normalized spacial score (nSPS) is 12.0. The Bertz CT molecular complexity index is 748. The largest absolute Gasteiger partial charge is 0.456 e. The van der Waals surface area contributed by atoms with Gasteiger partial charge in [0.05, 0.1) is 11.1 Å². The minimum absolute atomic E-state index is 0.00325. The Hall–Kier alpha value is -2.10. The number of esters is 1. The number of carbonyl (C=O) groups excluding carboxylic acids is 2. The van der Waals surface area contributed by atoms with Gasteiger partial charge < -0.3 is 4.74 Å². The monoisotopic (exact) mass is 315 g/mol. The summed E-state index contributed by atoms with van der Waals surface area (Å²) in [5.41, 5.74) is 1.31. The third-order valence-electron chi connectivity index (χ3n) is 3.55. The highest BCUT2D eigenvalue weighted by atomic mass is 16.6. The number of ether oxygens (including phenoxy) is 1. The van der Waals surface area contributed by atoms with Crippen LogP contribution in [-0.4, -0.2) is 22.0 Å². The lowest BCUT2D eigenvalue weighted by atomic mass is 10.1. The molecule has 0 saturated heterocycles. The fourth-order valence-corrected chi connectivity index (χ4v) is 2.72. The van der Waals surface area contributed by atoms with Gasteiger partial charge in [-0.15, -0.1) is 0 Å². The number of aromatic nitrogens is 1. The second-order valence-corrected chi connectivity index (χ2v) is 7.31. The molecule has 124 valence electrons. The molecule has 0 aliphatic heterocycles. The molecule has 0 bridgehead atoms. The van der Waals surface area contributed by atoms with Crippen molar-refractivity contribution in [3.8, 4) is 0 Å². The Balaban J connectivity index is 2.61. The van der Waals surface area contributed by atoms with E-state index < -0.39 is 5.60 Å². The number of benzene rings is 1. The SMILES string of the molecule is Cc1c(C(=O)OC(C)(C)C)c2ccccc2n1C(=O)CC(C)C. The number of para-hydroxylation sites is 1. The Kier molecular flexibility index (Phi) is 4.64. The van der Waals surface area contributed by atoms with Gasteiger partial charge in [0.25, 0.3) is 0 Å². The molecular formula is C19H25NO3. The number of carbonyl (C=O) groups is 2. The summed E-state index contributed by atoms with van der Waals surface area (Å²) in [6, 6.07) is 7.47. The Labute approximate surface area is 137 Å². The summed E-state index contributed by atoms with van der Waals surface area (Å²) >= 11 is 0. The lowest BCUT2D eigenvalue weighted by molar-refractivity contribution is 0.00710. The first-order chi connectivity index (χ1) is 10.6. The Morgan fingerprint density at radius 3 is 2.35 bits per heavy atom. The highest BCUT2D eigenvalue weighted by Gasteiger charge is 2.26. The van der Waals surface area contributed by atoms with Gasteiger partial charge in [-0.2, -0.15) is 0 Å². The van der Waals surface area contributed by atoms with Gasteiger partial charge in [-0.25, -0.2) is 4.79 Å². The molecule has 2 aromatic rings. The van der Waals surface area contributed by atoms with Crippen LogP contribution in [0.2, 0.25) is 0 Å². The van der Waals surface area contributed by atoms with Crippen LogP contribution in [0.3, 0.4) is 0 Å². The first-order valence-electron chi connectivity index (χ1n) is 7.98. The van der Waals surface area contributed by atoms with Gasteiger partial charge >= 0.3 is 5.97 Å². The predicted molar refractivity (Wildman–Crippen MR) is 91.9 cm³/mol. The summed E-state index contributed by atoms with van der Waals surface area (Å²) in [6.45, 7) is 11.3. The van der Waals surface area contributed by atoms with Crippen LogP contribution in [0.15, 0.2) is 24.3 Å². The summed E-state index contributed by atoms with van der Waals surface area (Å²) in [6.07, 6.45) is 0.438. The fourth-order valence-electron chi connectivity index (χ4n) is 2.72. The number of rotatable bonds is 3. The van der Waals surface area contributed by atoms with Crippen molar-refractivity contribution in [1.82, 2.24) is 4.57 Å². The van der Waals surface area contributed by atoms with E-state index >= 15 is 0 Å². The summed E-state index contributed by atoms with van der Waals surface area (Å²) in [5, 5.41) is 0.761. The quantitative estimate of drug-likeness (QED) is 0.778. The molecule has 0 saturated carbocycles. The molecule has 0 unspecified atom stereocenters. The van der Waals surface area contributed by atoms with E-state index in [4.69, 9.17) is 4.74 Å². The van der Waals surface area contributed by atoms with E-state index in [9.17, 15) is 9.59 Å². The van der Waals surface area contributed by atoms with Gasteiger partial charge in [0.15, 0.2) is 0 Å². The van der Waals surface area contributed by atoms with Crippen molar-refractivity contribution in [3.63, 3.8) is 0 Å². The molecule has 0 spiro atoms. The Morgan fingerprint density at radius 1 is 1.17 bits per heavy atom. The third kappa shape index (κ3) is 3.63. The Morgan fingerprint density at radius 2 is 1.78 bits per heavy atom. The van der Waals surface area contributed by atoms with Crippen molar-refractivity contribution in [2.45, 2.75) is 53.6 Å². The van der Waals surface area contributed by atoms with Crippen molar-refractivity contribution in [2.24, 2.45) is 5.92 Å². The number of hydrogen-bond acceptors (Lipinski definition) is 3. The molecule has 2 rings (SSSR count). The number of hydrogen-bond donors (Lipinski definition) is 0. The van der Waals surface area contributed by atoms with Gasteiger partial charge in [-0.05, 0) is 39.7 Å². The number of nitrogens with zero attached hydrogens (tertiary/aromatic N) is 1. The third-order valence-corrected chi connectivity index (χ3v) is 3.55. The maximum atomic E-state index is 12.6. The molecule has 0 aliphatic rings. The first kappa shape index (κ1) is 17.3. The molecule has 0 atom stereocenters. The highest BCUT2D eigenvalue weighted by molar-refractivity contribution is 6.09. The van der Waals surface area contributed by atoms with Gasteiger partial charge in [-0.3, -0.25) is 9.36 Å². The fraction of sp³-hybridized carbons (Fsp3) is 0.474. The lowest BCUT2D eigenvalue weighted by Crippen LogP contribution is -2.24. The average Bonchev–Trinajstić information content (AvgIpc) is 2.67. The van der Waals surface area contributed by atoms with Crippen LogP contribution in [0.4, 0.5) is 0 Å². The van der Waals surface area contributed by atoms with E-state index in [1.165, 1.54) is 0 Å². The molecule has 4 nitrogen and oxygen atoms in total. The van der Waals surface area contributed by atoms with Crippen LogP contribution >= 0.6 is 0 Å². The summed E-state index contributed by atoms with van der Waals surface area (Å²) in [4.78, 5) is 25.2. The van der Waals surface area contributed by atoms with Crippen molar-refractivity contribution >= 4 is 22.8 Å². The van der Waals surface area contributed by atoms with E-state index in [2.05, 4.69) is 0 Å². The molecule has 1 heterocycles. The molecule has 1 aromatic heterocycles. The van der Waals surface area contributed by atoms with Crippen molar-refractivity contribution < 1.29 is 14.3 Å². The first-order valence-corrected chi connectivity index (χ1v) is 7.98. The minimum Gasteiger partial charge on any atom is -0.456 e. The summed E-state index contributed by atoms with van der Waals surface area (Å²) in [5.74, 6) is -0.126. The maximum Gasteiger partial charge on any atom is 0.341 e. The van der Waals surface area contributed by atoms with Crippen molar-refractivity contribution in [2.75, 3.05) is 0 Å². The standard InChI is InChI=1S/C19H25NO3/c1-12(2)11-16(21)20-13(3)17(18(22)23-19(4,5)6)14-9-7-8-10-15(14)20/h7-10,12H,11H2,1-6H3. The molecule has 23 heavy (non-hydrogen) atoms. The van der Waals surface area contributed by atoms with E-state index in [1.807, 2.05) is 58.9 Å². The zero-order chi connectivity index (χ0) is 17.4. The van der Waals surface area contributed by atoms with Crippen LogP contribution in [-0.2, 0) is 4.74 Å². The van der Waals surface area contributed by atoms with Gasteiger partial charge in [0.2, 0.25) is 5.91 Å². The van der Waals surface area contributed by atoms with Crippen molar-refractivity contribution in [1.29, 1.82) is 0 Å². The molecule has 0 fully saturated rings. The molecule has 4 heteroatoms. The highest BCUT2D eigenvalue weighted by Crippen LogP contribution is 2.28. The van der Waals surface area contributed by atoms with Crippen molar-refractivity contribution in [3.05, 3.63) is 35.5 Å². The molecule has 1 aromatic carbocycles. The van der Waals surface area contributed by atoms with Crippen LogP contribution in [0.1, 0.15) is 61.9 Å². The molecule has 0 amide bonds. The van der Waals surface area contributed by atoms with Gasteiger partial charge in [0, 0.05) is 17.5 Å². The minimum atomic E-state index is -0.575. The van der Waals surface area contributed by atoms with E-state index in [-0.39, 0.29) is 17.8 Å². The second kappa shape index (κ2) is 6.19. The topological polar surface area (TPSA) is 48.3 Å². The van der Waals surface area contributed by atoms with Crippen LogP contribution in [0.5, 0.6) is 0 Å². The molecular weight excluding hydrogens is 290 g/mol. The van der Waals surface area contributed by atoms with Gasteiger partial charge in [-0.1, -0.05) is 32.0 Å². The smallest absolute Gasteiger partial charge is 0.341 e. The molecule has 0 radical (unpaired) electrons. The number of fused-ring (bicyclic) bond motifs is 1. The lowest BCUT2D eigenvalue weighted by Gasteiger charge is -2.19. The summed E-state index contributed by atoms with van der Waals surface area (Å²) in [7, 11) is 0. The predicted octanol–water partition coefficient (Wildman–Crippen LogP) is 4.59. The van der Waals surface area contributed by atoms with E-state index in [0.29, 0.717) is 17.7 Å². The zero-order valence-corrected chi connectivity index (χ0v) is 14.8. The summed E-state index contributed by atoms with van der Waals surface area (Å²) < 4.78 is 7.17. The second-order valence-electron chi connectivity index (χ2n) is 7.31. The van der Waals surface area contributed by atoms with E-state index in [0.717, 1.165) is 10.9 Å². The average molecular weight is 315 g/mol. The molecule has 0 N–H and O–H groups in total. The maximum absolute atomic E-state index is 12.6. The van der Waals surface area contributed by atoms with E-state index in [1.54, 1.807) is 11.5 Å². The van der Waals surface area contributed by atoms with Crippen LogP contribution < -0.4 is 0 Å². The van der Waals surface area contributed by atoms with Gasteiger partial charge in [0.1, 0.15) is 5.60 Å². The molecule has 0 aliphatic carbocycles. The van der Waals surface area contributed by atoms with Crippen LogP contribution in [0.25, 0.3) is 10.9 Å². The van der Waals surface area contributed by atoms with Crippen LogP contribution in [0, 0.1) is 12.8 Å². The zero-order valence-electron chi connectivity index (χ0n) is 14.8.